The van der Waals surface area contributed by atoms with Crippen LogP contribution in [0.25, 0.3) is 0 Å². The summed E-state index contributed by atoms with van der Waals surface area (Å²) in [5.41, 5.74) is 0. The van der Waals surface area contributed by atoms with Gasteiger partial charge in [0.05, 0.1) is 0 Å². The molecule has 0 aromatic carbocycles. The second-order valence-corrected chi connectivity index (χ2v) is 4.29. The van der Waals surface area contributed by atoms with Gasteiger partial charge in [0.15, 0.2) is 0 Å². The van der Waals surface area contributed by atoms with Crippen molar-refractivity contribution in [3.8, 4) is 0 Å². The van der Waals surface area contributed by atoms with Crippen LogP contribution in [0.15, 0.2) is 0 Å². The van der Waals surface area contributed by atoms with E-state index in [1.807, 2.05) is 0 Å². The molecule has 2 rings (SSSR count). The maximum Gasteiger partial charge on any atom is 0.0121 e. The smallest absolute Gasteiger partial charge is 0.0121 e. The van der Waals surface area contributed by atoms with E-state index in [1.54, 1.807) is 0 Å². The van der Waals surface area contributed by atoms with Crippen molar-refractivity contribution in [1.82, 2.24) is 5.32 Å². The van der Waals surface area contributed by atoms with Gasteiger partial charge in [0, 0.05) is 6.04 Å². The minimum atomic E-state index is 0.873. The van der Waals surface area contributed by atoms with Crippen LogP contribution in [0.5, 0.6) is 0 Å². The van der Waals surface area contributed by atoms with Gasteiger partial charge in [-0.25, -0.2) is 0 Å². The fourth-order valence-electron chi connectivity index (χ4n) is 2.85. The predicted octanol–water partition coefficient (Wildman–Crippen LogP) is 2.17. The zero-order valence-corrected chi connectivity index (χ0v) is 7.47. The lowest BCUT2D eigenvalue weighted by atomic mass is 9.74. The molecule has 1 saturated heterocycles. The summed E-state index contributed by atoms with van der Waals surface area (Å²) in [7, 11) is 0. The van der Waals surface area contributed by atoms with Gasteiger partial charge in [0.1, 0.15) is 0 Å². The Morgan fingerprint density at radius 2 is 1.91 bits per heavy atom. The zero-order valence-electron chi connectivity index (χ0n) is 7.47. The summed E-state index contributed by atoms with van der Waals surface area (Å²) in [5.74, 6) is 1.96. The maximum absolute atomic E-state index is 3.67. The van der Waals surface area contributed by atoms with Crippen LogP contribution >= 0.6 is 0 Å². The van der Waals surface area contributed by atoms with Crippen molar-refractivity contribution in [2.24, 2.45) is 11.8 Å². The molecular formula is C10H19N. The lowest BCUT2D eigenvalue weighted by Crippen LogP contribution is -2.47. The lowest BCUT2D eigenvalue weighted by molar-refractivity contribution is 0.157. The molecule has 0 spiro atoms. The van der Waals surface area contributed by atoms with Crippen LogP contribution in [0, 0.1) is 11.8 Å². The highest BCUT2D eigenvalue weighted by Gasteiger charge is 2.31. The molecule has 0 bridgehead atoms. The van der Waals surface area contributed by atoms with Crippen molar-refractivity contribution < 1.29 is 0 Å². The number of rotatable bonds is 0. The number of fused-ring (bicyclic) bond motifs is 1. The quantitative estimate of drug-likeness (QED) is 0.562. The molecule has 1 aliphatic carbocycles. The molecule has 1 aliphatic heterocycles. The third kappa shape index (κ3) is 1.44. The molecule has 2 aliphatic rings. The van der Waals surface area contributed by atoms with Crippen molar-refractivity contribution >= 4 is 0 Å². The molecular weight excluding hydrogens is 134 g/mol. The summed E-state index contributed by atoms with van der Waals surface area (Å²) in [6, 6.07) is 0.873. The van der Waals surface area contributed by atoms with E-state index in [-0.39, 0.29) is 0 Å². The average Bonchev–Trinajstić information content (AvgIpc) is 2.06. The molecule has 2 fully saturated rings. The van der Waals surface area contributed by atoms with Crippen molar-refractivity contribution in [2.45, 2.75) is 45.1 Å². The zero-order chi connectivity index (χ0) is 7.68. The monoisotopic (exact) mass is 153 g/mol. The first kappa shape index (κ1) is 7.60. The molecule has 0 unspecified atom stereocenters. The van der Waals surface area contributed by atoms with Gasteiger partial charge >= 0.3 is 0 Å². The first-order valence-corrected chi connectivity index (χ1v) is 5.11. The van der Waals surface area contributed by atoms with Crippen LogP contribution in [0.4, 0.5) is 0 Å². The minimum Gasteiger partial charge on any atom is -0.313 e. The third-order valence-electron chi connectivity index (χ3n) is 3.49. The lowest BCUT2D eigenvalue weighted by Gasteiger charge is -2.40. The molecule has 64 valence electrons. The van der Waals surface area contributed by atoms with E-state index in [0.717, 1.165) is 17.9 Å². The standard InChI is InChI=1S/C10H19N/c1-8-4-2-5-9-6-3-7-11-10(8)9/h8-11H,2-7H2,1H3/t8-,9-,10-/m1/s1. The molecule has 1 nitrogen and oxygen atoms in total. The molecule has 1 heteroatoms. The van der Waals surface area contributed by atoms with E-state index in [1.165, 1.54) is 38.6 Å². The van der Waals surface area contributed by atoms with Crippen molar-refractivity contribution in [1.29, 1.82) is 0 Å². The Hall–Kier alpha value is -0.0400. The van der Waals surface area contributed by atoms with Gasteiger partial charge < -0.3 is 5.32 Å². The van der Waals surface area contributed by atoms with E-state index in [9.17, 15) is 0 Å². The van der Waals surface area contributed by atoms with Crippen LogP contribution in [0.2, 0.25) is 0 Å². The van der Waals surface area contributed by atoms with Crippen LogP contribution in [0.1, 0.15) is 39.0 Å². The van der Waals surface area contributed by atoms with E-state index in [4.69, 9.17) is 0 Å². The van der Waals surface area contributed by atoms with Gasteiger partial charge in [-0.05, 0) is 44.1 Å². The molecule has 0 aromatic heterocycles. The number of piperidine rings is 1. The largest absolute Gasteiger partial charge is 0.313 e. The second-order valence-electron chi connectivity index (χ2n) is 4.29. The maximum atomic E-state index is 3.67. The third-order valence-corrected chi connectivity index (χ3v) is 3.49. The average molecular weight is 153 g/mol. The van der Waals surface area contributed by atoms with E-state index < -0.39 is 0 Å². The first-order chi connectivity index (χ1) is 5.38. The predicted molar refractivity (Wildman–Crippen MR) is 47.5 cm³/mol. The fourth-order valence-corrected chi connectivity index (χ4v) is 2.85. The Morgan fingerprint density at radius 3 is 2.73 bits per heavy atom. The molecule has 1 heterocycles. The molecule has 1 N–H and O–H groups in total. The first-order valence-electron chi connectivity index (χ1n) is 5.11. The van der Waals surface area contributed by atoms with Crippen LogP contribution in [-0.2, 0) is 0 Å². The van der Waals surface area contributed by atoms with E-state index in [0.29, 0.717) is 0 Å². The Balaban J connectivity index is 1.99. The topological polar surface area (TPSA) is 12.0 Å². The van der Waals surface area contributed by atoms with Gasteiger partial charge in [-0.1, -0.05) is 13.3 Å². The highest BCUT2D eigenvalue weighted by Crippen LogP contribution is 2.33. The Bertz CT molecular complexity index is 131. The normalized spacial score (nSPS) is 45.0. The summed E-state index contributed by atoms with van der Waals surface area (Å²) in [5, 5.41) is 3.67. The van der Waals surface area contributed by atoms with Gasteiger partial charge in [-0.3, -0.25) is 0 Å². The van der Waals surface area contributed by atoms with Crippen molar-refractivity contribution in [3.63, 3.8) is 0 Å². The fraction of sp³-hybridized carbons (Fsp3) is 1.00. The van der Waals surface area contributed by atoms with Crippen LogP contribution in [0.3, 0.4) is 0 Å². The number of nitrogens with one attached hydrogen (secondary N) is 1. The Kier molecular flexibility index (Phi) is 2.17. The summed E-state index contributed by atoms with van der Waals surface area (Å²) < 4.78 is 0. The second kappa shape index (κ2) is 3.14. The van der Waals surface area contributed by atoms with Gasteiger partial charge in [-0.15, -0.1) is 0 Å². The Labute approximate surface area is 69.6 Å². The van der Waals surface area contributed by atoms with Crippen LogP contribution < -0.4 is 5.32 Å². The van der Waals surface area contributed by atoms with E-state index >= 15 is 0 Å². The summed E-state index contributed by atoms with van der Waals surface area (Å²) in [6.07, 6.45) is 7.32. The minimum absolute atomic E-state index is 0.873. The molecule has 0 aromatic rings. The molecule has 0 amide bonds. The van der Waals surface area contributed by atoms with Crippen molar-refractivity contribution in [3.05, 3.63) is 0 Å². The summed E-state index contributed by atoms with van der Waals surface area (Å²) in [4.78, 5) is 0. The van der Waals surface area contributed by atoms with Crippen LogP contribution in [-0.4, -0.2) is 12.6 Å². The SMILES string of the molecule is C[C@@H]1CCC[C@@H]2CCCN[C@@H]21. The molecule has 0 radical (unpaired) electrons. The summed E-state index contributed by atoms with van der Waals surface area (Å²) >= 11 is 0. The highest BCUT2D eigenvalue weighted by atomic mass is 14.9. The molecule has 11 heavy (non-hydrogen) atoms. The van der Waals surface area contributed by atoms with E-state index in [2.05, 4.69) is 12.2 Å². The summed E-state index contributed by atoms with van der Waals surface area (Å²) in [6.45, 7) is 3.68. The Morgan fingerprint density at radius 1 is 1.09 bits per heavy atom. The number of hydrogen-bond acceptors (Lipinski definition) is 1. The molecule has 3 atom stereocenters. The van der Waals surface area contributed by atoms with Gasteiger partial charge in [-0.2, -0.15) is 0 Å². The highest BCUT2D eigenvalue weighted by molar-refractivity contribution is 4.88. The number of hydrogen-bond donors (Lipinski definition) is 1. The van der Waals surface area contributed by atoms with Gasteiger partial charge in [0.25, 0.3) is 0 Å². The van der Waals surface area contributed by atoms with Gasteiger partial charge in [0.2, 0.25) is 0 Å². The van der Waals surface area contributed by atoms with Crippen molar-refractivity contribution in [2.75, 3.05) is 6.54 Å². The molecule has 1 saturated carbocycles.